The minimum Gasteiger partial charge on any atom is -0.389 e. The van der Waals surface area contributed by atoms with Crippen molar-refractivity contribution in [2.45, 2.75) is 52.0 Å². The van der Waals surface area contributed by atoms with E-state index >= 15 is 0 Å². The summed E-state index contributed by atoms with van der Waals surface area (Å²) in [6.45, 7) is 8.88. The number of rotatable bonds is 7. The Hall–Kier alpha value is -0.0301. The van der Waals surface area contributed by atoms with E-state index in [1.807, 2.05) is 27.7 Å². The molecule has 4 N–H and O–H groups in total. The Balaban J connectivity index is -0.000000408. The number of nitrogens with one attached hydrogen (secondary N) is 2. The maximum atomic E-state index is 9.53. The van der Waals surface area contributed by atoms with E-state index < -0.39 is 12.2 Å². The van der Waals surface area contributed by atoms with Gasteiger partial charge in [0, 0.05) is 25.2 Å². The molecule has 0 rings (SSSR count). The summed E-state index contributed by atoms with van der Waals surface area (Å²) in [5, 5.41) is 25.2. The molecule has 0 saturated carbocycles. The van der Waals surface area contributed by atoms with Gasteiger partial charge in [0.05, 0.1) is 28.9 Å². The van der Waals surface area contributed by atoms with E-state index in [1.54, 1.807) is 0 Å². The molecule has 4 nitrogen and oxygen atoms in total. The first kappa shape index (κ1) is 12.4. The Kier molecular flexibility index (Phi) is 8.90. The zero-order valence-electron chi connectivity index (χ0n) is 14.8. The van der Waals surface area contributed by atoms with Gasteiger partial charge in [-0.3, -0.25) is 0 Å². The van der Waals surface area contributed by atoms with Crippen LogP contribution in [0.25, 0.3) is 0 Å². The van der Waals surface area contributed by atoms with Crippen molar-refractivity contribution in [3.05, 3.63) is 0 Å². The summed E-state index contributed by atoms with van der Waals surface area (Å²) in [5.41, 5.74) is 0. The molecule has 0 aliphatic rings. The summed E-state index contributed by atoms with van der Waals surface area (Å²) in [6.07, 6.45) is -1.41. The van der Waals surface area contributed by atoms with Crippen LogP contribution in [0.3, 0.4) is 0 Å². The third kappa shape index (κ3) is 12.0. The van der Waals surface area contributed by atoms with Crippen LogP contribution < -0.4 is 10.6 Å². The first-order valence-electron chi connectivity index (χ1n) is 7.57. The first-order valence-corrected chi connectivity index (χ1v) is 5.26. The van der Waals surface area contributed by atoms with Crippen molar-refractivity contribution in [1.82, 2.24) is 10.6 Å². The van der Waals surface area contributed by atoms with E-state index in [0.29, 0.717) is 41.9 Å². The van der Waals surface area contributed by atoms with Crippen LogP contribution >= 0.6 is 0 Å². The molecular formula is C10H28B2N2O2. The Bertz CT molecular complexity index is 167. The maximum absolute atomic E-state index is 9.53. The molecule has 6 heteroatoms. The van der Waals surface area contributed by atoms with Gasteiger partial charge in [-0.2, -0.15) is 0 Å². The molecule has 2 atom stereocenters. The molecule has 2 radical (unpaired) electrons. The van der Waals surface area contributed by atoms with E-state index in [4.69, 9.17) is 5.34 Å². The number of aliphatic hydroxyl groups is 2. The molecule has 0 aliphatic carbocycles. The number of hydrogen-bond donors (Lipinski definition) is 4. The highest BCUT2D eigenvalue weighted by atomic mass is 16.3. The smallest absolute Gasteiger partial charge is 0.0935 e. The van der Waals surface area contributed by atoms with Crippen molar-refractivity contribution in [2.75, 3.05) is 13.1 Å². The van der Waals surface area contributed by atoms with Crippen molar-refractivity contribution >= 4 is 16.7 Å². The maximum Gasteiger partial charge on any atom is 0.0935 e. The van der Waals surface area contributed by atoms with Gasteiger partial charge >= 0.3 is 0 Å². The zero-order valence-corrected chi connectivity index (χ0v) is 10.8. The minimum atomic E-state index is -0.705. The van der Waals surface area contributed by atoms with Crippen molar-refractivity contribution < 1.29 is 10.2 Å². The van der Waals surface area contributed by atoms with Crippen LogP contribution in [-0.2, 0) is 0 Å². The molecule has 0 aromatic carbocycles. The standard InChI is InChI=1S/C10H24N2O2.2BH2/c1-7(2)11-5-9(13)10(14)6-12-8(3)4;;/h7-14H,5-6H2,1-4H3;2*1H2/i;2*1TD. The van der Waals surface area contributed by atoms with Crippen molar-refractivity contribution in [3.63, 3.8) is 0 Å². The van der Waals surface area contributed by atoms with Crippen LogP contribution in [0.2, 0.25) is 0 Å². The number of aliphatic hydroxyl groups excluding tert-OH is 2. The summed E-state index contributed by atoms with van der Waals surface area (Å²) in [5.74, 6) is 0. The van der Waals surface area contributed by atoms with Crippen molar-refractivity contribution in [1.29, 1.82) is 5.34 Å². The molecule has 2 unspecified atom stereocenters. The topological polar surface area (TPSA) is 64.5 Å². The van der Waals surface area contributed by atoms with Gasteiger partial charge in [-0.15, -0.1) is 0 Å². The fourth-order valence-electron chi connectivity index (χ4n) is 0.985. The van der Waals surface area contributed by atoms with Crippen LogP contribution in [0.4, 0.5) is 0 Å². The van der Waals surface area contributed by atoms with E-state index in [9.17, 15) is 10.2 Å². The van der Waals surface area contributed by atoms with Gasteiger partial charge in [0.1, 0.15) is 0 Å². The number of hydrogen-bond acceptors (Lipinski definition) is 4. The molecule has 16 heavy (non-hydrogen) atoms. The van der Waals surface area contributed by atoms with Gasteiger partial charge in [0.25, 0.3) is 0 Å². The normalized spacial score (nSPS) is 16.2. The van der Waals surface area contributed by atoms with Gasteiger partial charge in [0.2, 0.25) is 0 Å². The summed E-state index contributed by atoms with van der Waals surface area (Å²) in [4.78, 5) is 0. The molecule has 0 aromatic heterocycles. The van der Waals surface area contributed by atoms with Gasteiger partial charge in [0.15, 0.2) is 0 Å². The molecule has 0 fully saturated rings. The van der Waals surface area contributed by atoms with Crippen LogP contribution in [0, 0.1) is 0 Å². The van der Waals surface area contributed by atoms with Crippen LogP contribution in [0.1, 0.15) is 27.7 Å². The third-order valence-electron chi connectivity index (χ3n) is 1.91. The monoisotopic (exact) mass is 236 g/mol. The predicted molar refractivity (Wildman–Crippen MR) is 75.4 cm³/mol. The Morgan fingerprint density at radius 3 is 1.50 bits per heavy atom. The highest BCUT2D eigenvalue weighted by Gasteiger charge is 2.15. The lowest BCUT2D eigenvalue weighted by Gasteiger charge is -2.21. The Labute approximate surface area is 109 Å². The molecule has 0 saturated heterocycles. The Morgan fingerprint density at radius 1 is 1.06 bits per heavy atom. The lowest BCUT2D eigenvalue weighted by Crippen LogP contribution is -2.44. The first-order chi connectivity index (χ1) is 9.26. The second kappa shape index (κ2) is 11.5. The highest BCUT2D eigenvalue weighted by Crippen LogP contribution is 1.92. The molecule has 0 aliphatic heterocycles. The average Bonchev–Trinajstić information content (AvgIpc) is 2.34. The lowest BCUT2D eigenvalue weighted by molar-refractivity contribution is 0.0189. The molecule has 96 valence electrons. The molecule has 0 amide bonds. The second-order valence-electron chi connectivity index (χ2n) is 4.26. The summed E-state index contributed by atoms with van der Waals surface area (Å²) in [6, 6.07) is 0.657. The summed E-state index contributed by atoms with van der Waals surface area (Å²) >= 11 is 0. The molecule has 0 heterocycles. The van der Waals surface area contributed by atoms with Gasteiger partial charge in [-0.05, 0) is 5.34 Å². The van der Waals surface area contributed by atoms with Crippen LogP contribution in [-0.4, -0.2) is 69.6 Å². The van der Waals surface area contributed by atoms with E-state index in [0.717, 1.165) is 0 Å². The van der Waals surface area contributed by atoms with Crippen molar-refractivity contribution in [2.24, 2.45) is 0 Å². The van der Waals surface area contributed by atoms with E-state index in [-0.39, 0.29) is 0 Å². The zero-order chi connectivity index (χ0) is 16.6. The van der Waals surface area contributed by atoms with E-state index in [2.05, 4.69) is 10.6 Å². The quantitative estimate of drug-likeness (QED) is 0.381. The van der Waals surface area contributed by atoms with Crippen LogP contribution in [0.15, 0.2) is 0 Å². The minimum absolute atomic E-state index is 0.329. The predicted octanol–water partition coefficient (Wildman–Crippen LogP) is -2.13. The summed E-state index contributed by atoms with van der Waals surface area (Å²) in [7, 11) is 1.00. The second-order valence-corrected chi connectivity index (χ2v) is 4.26. The average molecular weight is 236 g/mol. The SMILES string of the molecule is CC(C)NCC(O)C(O)CNC(C)C.[2H][B][3H].[2H][B][3H]. The lowest BCUT2D eigenvalue weighted by atomic mass is 10.2. The Morgan fingerprint density at radius 2 is 1.31 bits per heavy atom. The fourth-order valence-corrected chi connectivity index (χ4v) is 0.985. The fraction of sp³-hybridized carbons (Fsp3) is 1.00. The van der Waals surface area contributed by atoms with Crippen LogP contribution in [0.5, 0.6) is 0 Å². The molecule has 0 aromatic rings. The molecule has 0 bridgehead atoms. The highest BCUT2D eigenvalue weighted by molar-refractivity contribution is 5.76. The van der Waals surface area contributed by atoms with Crippen molar-refractivity contribution in [3.8, 4) is 0 Å². The van der Waals surface area contributed by atoms with Gasteiger partial charge in [-0.25, -0.2) is 0 Å². The van der Waals surface area contributed by atoms with E-state index in [1.165, 1.54) is 0 Å². The third-order valence-corrected chi connectivity index (χ3v) is 1.91. The molecule has 0 spiro atoms. The summed E-state index contributed by atoms with van der Waals surface area (Å²) < 4.78 is 23.0. The molecular weight excluding hydrogens is 202 g/mol. The van der Waals surface area contributed by atoms with Gasteiger partial charge < -0.3 is 20.8 Å². The largest absolute Gasteiger partial charge is 0.389 e. The van der Waals surface area contributed by atoms with Gasteiger partial charge in [-0.1, -0.05) is 27.7 Å².